The number of rotatable bonds is 5. The lowest BCUT2D eigenvalue weighted by molar-refractivity contribution is 0.0329. The number of hydrogen-bond acceptors (Lipinski definition) is 6. The first kappa shape index (κ1) is 21.5. The molecule has 0 saturated carbocycles. The highest BCUT2D eigenvalue weighted by Gasteiger charge is 2.33. The Balaban J connectivity index is 1.28. The van der Waals surface area contributed by atoms with Crippen LogP contribution in [0.1, 0.15) is 33.5 Å². The predicted molar refractivity (Wildman–Crippen MR) is 123 cm³/mol. The van der Waals surface area contributed by atoms with E-state index >= 15 is 0 Å². The first-order valence-corrected chi connectivity index (χ1v) is 11.5. The van der Waals surface area contributed by atoms with Crippen molar-refractivity contribution in [3.63, 3.8) is 0 Å². The number of ether oxygens (including phenoxy) is 3. The molecule has 0 unspecified atom stereocenters. The smallest absolute Gasteiger partial charge is 0.231 e. The molecule has 6 nitrogen and oxygen atoms in total. The topological polar surface area (TPSA) is 51.2 Å². The second-order valence-electron chi connectivity index (χ2n) is 8.49. The van der Waals surface area contributed by atoms with Gasteiger partial charge in [-0.05, 0) is 49.7 Å². The lowest BCUT2D eigenvalue weighted by atomic mass is 10.00. The molecule has 0 spiro atoms. The summed E-state index contributed by atoms with van der Waals surface area (Å²) in [7, 11) is 0. The molecule has 0 amide bonds. The Morgan fingerprint density at radius 2 is 1.81 bits per heavy atom. The van der Waals surface area contributed by atoms with Crippen molar-refractivity contribution in [3.8, 4) is 11.5 Å². The summed E-state index contributed by atoms with van der Waals surface area (Å²) < 4.78 is 17.5. The fourth-order valence-electron chi connectivity index (χ4n) is 4.49. The molecule has 0 atom stereocenters. The van der Waals surface area contributed by atoms with Crippen molar-refractivity contribution in [2.75, 3.05) is 46.1 Å². The molecule has 3 heterocycles. The number of nitrogens with zero attached hydrogens (tertiary/aromatic N) is 2. The van der Waals surface area contributed by atoms with Gasteiger partial charge in [-0.2, -0.15) is 0 Å². The second-order valence-corrected chi connectivity index (χ2v) is 8.93. The van der Waals surface area contributed by atoms with Crippen molar-refractivity contribution < 1.29 is 19.0 Å². The first-order chi connectivity index (χ1) is 15.6. The zero-order chi connectivity index (χ0) is 22.1. The number of carbonyl (C=O) groups is 1. The molecular weight excluding hydrogens is 428 g/mol. The summed E-state index contributed by atoms with van der Waals surface area (Å²) in [5.74, 6) is 1.68. The van der Waals surface area contributed by atoms with Crippen molar-refractivity contribution in [2.45, 2.75) is 19.9 Å². The molecule has 0 N–H and O–H groups in total. The third kappa shape index (κ3) is 4.41. The van der Waals surface area contributed by atoms with Crippen LogP contribution in [0.3, 0.4) is 0 Å². The zero-order valence-corrected chi connectivity index (χ0v) is 19.0. The van der Waals surface area contributed by atoms with Crippen LogP contribution in [0.25, 0.3) is 6.08 Å². The summed E-state index contributed by atoms with van der Waals surface area (Å²) in [6.07, 6.45) is 2.84. The van der Waals surface area contributed by atoms with Gasteiger partial charge in [-0.3, -0.25) is 14.6 Å². The Morgan fingerprint density at radius 1 is 1.06 bits per heavy atom. The Morgan fingerprint density at radius 3 is 2.59 bits per heavy atom. The number of morpholine rings is 1. The lowest BCUT2D eigenvalue weighted by Gasteiger charge is -2.31. The minimum atomic E-state index is -0.0923. The van der Waals surface area contributed by atoms with Crippen LogP contribution in [0.4, 0.5) is 0 Å². The number of benzene rings is 2. The molecule has 0 bridgehead atoms. The first-order valence-electron chi connectivity index (χ1n) is 11.1. The summed E-state index contributed by atoms with van der Waals surface area (Å²) in [4.78, 5) is 17.8. The van der Waals surface area contributed by atoms with Crippen LogP contribution in [0.15, 0.2) is 36.1 Å². The van der Waals surface area contributed by atoms with E-state index in [2.05, 4.69) is 9.80 Å². The number of fused-ring (bicyclic) bond motifs is 2. The molecule has 1 saturated heterocycles. The number of carbonyl (C=O) groups excluding carboxylic acids is 1. The van der Waals surface area contributed by atoms with E-state index in [0.717, 1.165) is 74.8 Å². The maximum Gasteiger partial charge on any atom is 0.231 e. The molecule has 32 heavy (non-hydrogen) atoms. The van der Waals surface area contributed by atoms with Gasteiger partial charge in [-0.15, -0.1) is 0 Å². The predicted octanol–water partition coefficient (Wildman–Crippen LogP) is 4.14. The van der Waals surface area contributed by atoms with Gasteiger partial charge in [0.2, 0.25) is 5.78 Å². The van der Waals surface area contributed by atoms with Gasteiger partial charge in [0.1, 0.15) is 18.2 Å². The molecule has 0 aromatic heterocycles. The van der Waals surface area contributed by atoms with Crippen LogP contribution >= 0.6 is 11.6 Å². The van der Waals surface area contributed by atoms with Crippen LogP contribution in [-0.4, -0.2) is 61.7 Å². The molecule has 0 aliphatic carbocycles. The van der Waals surface area contributed by atoms with Crippen LogP contribution in [-0.2, 0) is 11.3 Å². The van der Waals surface area contributed by atoms with E-state index in [1.54, 1.807) is 18.2 Å². The summed E-state index contributed by atoms with van der Waals surface area (Å²) in [5.41, 5.74) is 3.41. The summed E-state index contributed by atoms with van der Waals surface area (Å²) >= 11 is 5.96. The highest BCUT2D eigenvalue weighted by molar-refractivity contribution is 6.30. The minimum Gasteiger partial charge on any atom is -0.477 e. The zero-order valence-electron chi connectivity index (χ0n) is 18.2. The highest BCUT2D eigenvalue weighted by atomic mass is 35.5. The minimum absolute atomic E-state index is 0.0923. The number of Topliss-reactive ketones (excluding diaryl/α,β-unsaturated/α-hetero) is 1. The monoisotopic (exact) mass is 454 g/mol. The molecule has 3 aliphatic rings. The Kier molecular flexibility index (Phi) is 6.20. The normalized spacial score (nSPS) is 20.1. The molecule has 2 aromatic carbocycles. The molecule has 0 radical (unpaired) electrons. The molecule has 7 heteroatoms. The van der Waals surface area contributed by atoms with Crippen molar-refractivity contribution >= 4 is 23.5 Å². The molecule has 5 rings (SSSR count). The third-order valence-electron chi connectivity index (χ3n) is 6.22. The Bertz CT molecular complexity index is 1040. The maximum absolute atomic E-state index is 13.0. The Labute approximate surface area is 193 Å². The van der Waals surface area contributed by atoms with E-state index in [1.165, 1.54) is 0 Å². The Hall–Kier alpha value is -2.38. The summed E-state index contributed by atoms with van der Waals surface area (Å²) in [6.45, 7) is 9.00. The van der Waals surface area contributed by atoms with Gasteiger partial charge in [0.05, 0.1) is 18.8 Å². The van der Waals surface area contributed by atoms with Gasteiger partial charge in [0.15, 0.2) is 5.76 Å². The van der Waals surface area contributed by atoms with Gasteiger partial charge >= 0.3 is 0 Å². The van der Waals surface area contributed by atoms with Gasteiger partial charge in [-0.25, -0.2) is 0 Å². The molecule has 3 aliphatic heterocycles. The molecular formula is C25H27ClN2O4. The van der Waals surface area contributed by atoms with Crippen LogP contribution < -0.4 is 9.47 Å². The standard InChI is InChI=1S/C25H27ClN2O4/c1-17-24-19(15-28(16-31-24)8-2-7-27-9-11-30-12-10-27)14-21-23(29)22(32-25(17)21)13-18-3-5-20(26)6-4-18/h3-6,13-14H,2,7-12,15-16H2,1H3/b22-13-. The van der Waals surface area contributed by atoms with Crippen molar-refractivity contribution in [3.05, 3.63) is 63.4 Å². The number of ketones is 1. The highest BCUT2D eigenvalue weighted by Crippen LogP contribution is 2.43. The number of allylic oxidation sites excluding steroid dienone is 1. The fraction of sp³-hybridized carbons (Fsp3) is 0.400. The third-order valence-corrected chi connectivity index (χ3v) is 6.47. The number of halogens is 1. The quantitative estimate of drug-likeness (QED) is 0.633. The molecule has 1 fully saturated rings. The average Bonchev–Trinajstić information content (AvgIpc) is 3.12. The van der Waals surface area contributed by atoms with E-state index in [1.807, 2.05) is 25.1 Å². The summed E-state index contributed by atoms with van der Waals surface area (Å²) in [6, 6.07) is 9.27. The van der Waals surface area contributed by atoms with E-state index in [0.29, 0.717) is 28.8 Å². The van der Waals surface area contributed by atoms with E-state index in [4.69, 9.17) is 25.8 Å². The van der Waals surface area contributed by atoms with E-state index in [-0.39, 0.29) is 5.78 Å². The SMILES string of the molecule is Cc1c2c(cc3c1O/C(=C\c1ccc(Cl)cc1)C3=O)CN(CCCN1CCOCC1)CO2. The van der Waals surface area contributed by atoms with Crippen LogP contribution in [0.5, 0.6) is 11.5 Å². The lowest BCUT2D eigenvalue weighted by Crippen LogP contribution is -2.39. The van der Waals surface area contributed by atoms with E-state index in [9.17, 15) is 4.79 Å². The van der Waals surface area contributed by atoms with Gasteiger partial charge < -0.3 is 14.2 Å². The van der Waals surface area contributed by atoms with Crippen molar-refractivity contribution in [1.29, 1.82) is 0 Å². The van der Waals surface area contributed by atoms with Crippen molar-refractivity contribution in [2.24, 2.45) is 0 Å². The van der Waals surface area contributed by atoms with Crippen molar-refractivity contribution in [1.82, 2.24) is 9.80 Å². The van der Waals surface area contributed by atoms with Gasteiger partial charge in [0, 0.05) is 42.3 Å². The van der Waals surface area contributed by atoms with Crippen LogP contribution in [0, 0.1) is 6.92 Å². The van der Waals surface area contributed by atoms with Crippen LogP contribution in [0.2, 0.25) is 5.02 Å². The fourth-order valence-corrected chi connectivity index (χ4v) is 4.62. The largest absolute Gasteiger partial charge is 0.477 e. The van der Waals surface area contributed by atoms with Gasteiger partial charge in [-0.1, -0.05) is 23.7 Å². The van der Waals surface area contributed by atoms with E-state index < -0.39 is 0 Å². The summed E-state index contributed by atoms with van der Waals surface area (Å²) in [5, 5.41) is 0.657. The number of hydrogen-bond donors (Lipinski definition) is 0. The van der Waals surface area contributed by atoms with Gasteiger partial charge in [0.25, 0.3) is 0 Å². The maximum atomic E-state index is 13.0. The average molecular weight is 455 g/mol. The molecule has 2 aromatic rings. The molecule has 168 valence electrons. The second kappa shape index (κ2) is 9.24.